The lowest BCUT2D eigenvalue weighted by atomic mass is 10.1. The van der Waals surface area contributed by atoms with E-state index in [1.54, 1.807) is 0 Å². The van der Waals surface area contributed by atoms with Gasteiger partial charge >= 0.3 is 0 Å². The fourth-order valence-electron chi connectivity index (χ4n) is 0.907. The van der Waals surface area contributed by atoms with Gasteiger partial charge in [-0.2, -0.15) is 0 Å². The Bertz CT molecular complexity index is 115. The standard InChI is InChI=1S/C8H18N2O/c1-7(9-6-11)5-8(2)10(3)4/h6-8H,5H2,1-4H3,(H,9,11). The number of nitrogens with zero attached hydrogens (tertiary/aromatic N) is 1. The van der Waals surface area contributed by atoms with Crippen molar-refractivity contribution in [1.29, 1.82) is 0 Å². The maximum absolute atomic E-state index is 10.0. The molecule has 66 valence electrons. The molecule has 0 saturated carbocycles. The molecule has 1 N–H and O–H groups in total. The van der Waals surface area contributed by atoms with Crippen LogP contribution in [0, 0.1) is 0 Å². The van der Waals surface area contributed by atoms with Gasteiger partial charge < -0.3 is 10.2 Å². The lowest BCUT2D eigenvalue weighted by molar-refractivity contribution is -0.110. The highest BCUT2D eigenvalue weighted by atomic mass is 16.1. The Balaban J connectivity index is 3.56. The molecule has 0 saturated heterocycles. The van der Waals surface area contributed by atoms with E-state index in [1.165, 1.54) is 0 Å². The maximum atomic E-state index is 10.0. The molecule has 0 aromatic carbocycles. The van der Waals surface area contributed by atoms with Gasteiger partial charge in [-0.15, -0.1) is 0 Å². The number of hydrogen-bond donors (Lipinski definition) is 1. The highest BCUT2D eigenvalue weighted by molar-refractivity contribution is 5.46. The summed E-state index contributed by atoms with van der Waals surface area (Å²) in [7, 11) is 4.08. The average molecular weight is 158 g/mol. The SMILES string of the molecule is CC(CC(C)N(C)C)NC=O. The number of nitrogens with one attached hydrogen (secondary N) is 1. The minimum Gasteiger partial charge on any atom is -0.356 e. The van der Waals surface area contributed by atoms with Crippen molar-refractivity contribution in [1.82, 2.24) is 10.2 Å². The molecular weight excluding hydrogens is 140 g/mol. The predicted octanol–water partition coefficient (Wildman–Crippen LogP) is 0.461. The molecule has 0 fully saturated rings. The van der Waals surface area contributed by atoms with Crippen molar-refractivity contribution in [3.8, 4) is 0 Å². The van der Waals surface area contributed by atoms with Gasteiger partial charge in [0.05, 0.1) is 0 Å². The molecule has 0 spiro atoms. The van der Waals surface area contributed by atoms with Crippen molar-refractivity contribution < 1.29 is 4.79 Å². The van der Waals surface area contributed by atoms with Crippen LogP contribution in [0.5, 0.6) is 0 Å². The lowest BCUT2D eigenvalue weighted by Crippen LogP contribution is -2.34. The molecule has 0 rings (SSSR count). The van der Waals surface area contributed by atoms with Crippen LogP contribution in [-0.4, -0.2) is 37.5 Å². The largest absolute Gasteiger partial charge is 0.356 e. The van der Waals surface area contributed by atoms with E-state index in [0.29, 0.717) is 6.04 Å². The summed E-state index contributed by atoms with van der Waals surface area (Å²) in [5.41, 5.74) is 0. The Hall–Kier alpha value is -0.570. The van der Waals surface area contributed by atoms with Crippen LogP contribution < -0.4 is 5.32 Å². The summed E-state index contributed by atoms with van der Waals surface area (Å²) >= 11 is 0. The van der Waals surface area contributed by atoms with Crippen LogP contribution in [0.2, 0.25) is 0 Å². The number of carbonyl (C=O) groups is 1. The summed E-state index contributed by atoms with van der Waals surface area (Å²) in [5, 5.41) is 2.72. The average Bonchev–Trinajstić information content (AvgIpc) is 1.87. The molecule has 0 bridgehead atoms. The van der Waals surface area contributed by atoms with Gasteiger partial charge in [-0.1, -0.05) is 0 Å². The number of carbonyl (C=O) groups excluding carboxylic acids is 1. The van der Waals surface area contributed by atoms with E-state index in [1.807, 2.05) is 21.0 Å². The molecule has 0 aromatic heterocycles. The van der Waals surface area contributed by atoms with Crippen LogP contribution in [0.25, 0.3) is 0 Å². The van der Waals surface area contributed by atoms with Gasteiger partial charge in [0.2, 0.25) is 6.41 Å². The third-order valence-electron chi connectivity index (χ3n) is 1.93. The topological polar surface area (TPSA) is 32.3 Å². The first-order valence-electron chi connectivity index (χ1n) is 3.94. The third kappa shape index (κ3) is 4.79. The minimum absolute atomic E-state index is 0.268. The van der Waals surface area contributed by atoms with Crippen LogP contribution >= 0.6 is 0 Å². The van der Waals surface area contributed by atoms with Gasteiger partial charge in [-0.25, -0.2) is 0 Å². The molecular formula is C8H18N2O. The van der Waals surface area contributed by atoms with Gasteiger partial charge in [-0.05, 0) is 34.4 Å². The van der Waals surface area contributed by atoms with Gasteiger partial charge in [0.15, 0.2) is 0 Å². The smallest absolute Gasteiger partial charge is 0.207 e. The molecule has 11 heavy (non-hydrogen) atoms. The first kappa shape index (κ1) is 10.4. The Labute approximate surface area is 68.8 Å². The molecule has 0 aliphatic heterocycles. The summed E-state index contributed by atoms with van der Waals surface area (Å²) in [6.45, 7) is 4.15. The van der Waals surface area contributed by atoms with E-state index in [9.17, 15) is 4.79 Å². The second-order valence-electron chi connectivity index (χ2n) is 3.23. The van der Waals surface area contributed by atoms with E-state index in [4.69, 9.17) is 0 Å². The molecule has 0 aliphatic rings. The van der Waals surface area contributed by atoms with Crippen LogP contribution in [0.15, 0.2) is 0 Å². The Morgan fingerprint density at radius 1 is 1.45 bits per heavy atom. The Kier molecular flexibility index (Phi) is 4.86. The quantitative estimate of drug-likeness (QED) is 0.590. The van der Waals surface area contributed by atoms with Crippen molar-refractivity contribution in [3.63, 3.8) is 0 Å². The van der Waals surface area contributed by atoms with Crippen LogP contribution in [0.3, 0.4) is 0 Å². The van der Waals surface area contributed by atoms with Gasteiger partial charge in [0, 0.05) is 12.1 Å². The number of rotatable bonds is 5. The van der Waals surface area contributed by atoms with Gasteiger partial charge in [0.25, 0.3) is 0 Å². The molecule has 1 amide bonds. The highest BCUT2D eigenvalue weighted by Crippen LogP contribution is 2.01. The second-order valence-corrected chi connectivity index (χ2v) is 3.23. The normalized spacial score (nSPS) is 16.1. The maximum Gasteiger partial charge on any atom is 0.207 e. The summed E-state index contributed by atoms with van der Waals surface area (Å²) in [5.74, 6) is 0. The van der Waals surface area contributed by atoms with E-state index in [-0.39, 0.29) is 6.04 Å². The van der Waals surface area contributed by atoms with Crippen molar-refractivity contribution in [2.75, 3.05) is 14.1 Å². The van der Waals surface area contributed by atoms with Crippen LogP contribution in [0.4, 0.5) is 0 Å². The van der Waals surface area contributed by atoms with E-state index in [0.717, 1.165) is 12.8 Å². The summed E-state index contributed by atoms with van der Waals surface area (Å²) in [4.78, 5) is 12.2. The van der Waals surface area contributed by atoms with Crippen LogP contribution in [0.1, 0.15) is 20.3 Å². The summed E-state index contributed by atoms with van der Waals surface area (Å²) < 4.78 is 0. The molecule has 0 radical (unpaired) electrons. The first-order valence-corrected chi connectivity index (χ1v) is 3.94. The zero-order valence-electron chi connectivity index (χ0n) is 7.79. The van der Waals surface area contributed by atoms with Crippen molar-refractivity contribution >= 4 is 6.41 Å². The minimum atomic E-state index is 0.268. The molecule has 3 heteroatoms. The number of amides is 1. The fraction of sp³-hybridized carbons (Fsp3) is 0.875. The fourth-order valence-corrected chi connectivity index (χ4v) is 0.907. The zero-order valence-corrected chi connectivity index (χ0v) is 7.79. The molecule has 2 unspecified atom stereocenters. The molecule has 0 aliphatic carbocycles. The molecule has 2 atom stereocenters. The highest BCUT2D eigenvalue weighted by Gasteiger charge is 2.08. The monoisotopic (exact) mass is 158 g/mol. The van der Waals surface area contributed by atoms with Gasteiger partial charge in [-0.3, -0.25) is 4.79 Å². The van der Waals surface area contributed by atoms with E-state index in [2.05, 4.69) is 17.1 Å². The van der Waals surface area contributed by atoms with Gasteiger partial charge in [0.1, 0.15) is 0 Å². The number of hydrogen-bond acceptors (Lipinski definition) is 2. The molecule has 0 heterocycles. The third-order valence-corrected chi connectivity index (χ3v) is 1.93. The van der Waals surface area contributed by atoms with E-state index >= 15 is 0 Å². The van der Waals surface area contributed by atoms with Crippen LogP contribution in [-0.2, 0) is 4.79 Å². The lowest BCUT2D eigenvalue weighted by Gasteiger charge is -2.22. The predicted molar refractivity (Wildman–Crippen MR) is 46.4 cm³/mol. The molecule has 3 nitrogen and oxygen atoms in total. The van der Waals surface area contributed by atoms with Crippen molar-refractivity contribution in [3.05, 3.63) is 0 Å². The van der Waals surface area contributed by atoms with E-state index < -0.39 is 0 Å². The van der Waals surface area contributed by atoms with Crippen molar-refractivity contribution in [2.24, 2.45) is 0 Å². The van der Waals surface area contributed by atoms with Crippen molar-refractivity contribution in [2.45, 2.75) is 32.4 Å². The Morgan fingerprint density at radius 3 is 2.36 bits per heavy atom. The second kappa shape index (κ2) is 5.13. The Morgan fingerprint density at radius 2 is 2.00 bits per heavy atom. The summed E-state index contributed by atoms with van der Waals surface area (Å²) in [6.07, 6.45) is 1.75. The first-order chi connectivity index (χ1) is 5.07. The molecule has 0 aromatic rings. The zero-order chi connectivity index (χ0) is 8.85. The summed E-state index contributed by atoms with van der Waals surface area (Å²) in [6, 6.07) is 0.780.